The SMILES string of the molecule is CC1=C(/C=C/C(=O)N2[C@H](C)CN(C(N)=O)C[C@@H]2C)C(C)(C)CCC1. The molecular weight excluding hydrogens is 302 g/mol. The quantitative estimate of drug-likeness (QED) is 0.789. The largest absolute Gasteiger partial charge is 0.351 e. The average molecular weight is 333 g/mol. The number of amides is 3. The molecule has 134 valence electrons. The van der Waals surface area contributed by atoms with E-state index in [2.05, 4.69) is 20.8 Å². The van der Waals surface area contributed by atoms with Crippen LogP contribution < -0.4 is 5.73 Å². The first-order valence-electron chi connectivity index (χ1n) is 8.88. The number of piperazine rings is 1. The van der Waals surface area contributed by atoms with Crippen LogP contribution in [0.4, 0.5) is 4.79 Å². The minimum absolute atomic E-state index is 0.0146. The van der Waals surface area contributed by atoms with E-state index in [9.17, 15) is 9.59 Å². The summed E-state index contributed by atoms with van der Waals surface area (Å²) in [4.78, 5) is 27.6. The van der Waals surface area contributed by atoms with Crippen LogP contribution in [0.15, 0.2) is 23.3 Å². The van der Waals surface area contributed by atoms with Crippen molar-refractivity contribution in [2.45, 2.75) is 66.0 Å². The van der Waals surface area contributed by atoms with Crippen LogP contribution >= 0.6 is 0 Å². The molecule has 0 saturated carbocycles. The van der Waals surface area contributed by atoms with Crippen LogP contribution in [0.1, 0.15) is 53.9 Å². The highest BCUT2D eigenvalue weighted by atomic mass is 16.2. The molecule has 0 aromatic carbocycles. The van der Waals surface area contributed by atoms with Gasteiger partial charge in [-0.05, 0) is 51.0 Å². The second-order valence-corrected chi connectivity index (χ2v) is 7.95. The molecule has 1 aliphatic heterocycles. The lowest BCUT2D eigenvalue weighted by molar-refractivity contribution is -0.132. The molecular formula is C19H31N3O2. The molecule has 5 nitrogen and oxygen atoms in total. The number of allylic oxidation sites excluding steroid dienone is 3. The number of carbonyl (C=O) groups excluding carboxylic acids is 2. The van der Waals surface area contributed by atoms with Crippen molar-refractivity contribution in [1.29, 1.82) is 0 Å². The van der Waals surface area contributed by atoms with Crippen molar-refractivity contribution in [1.82, 2.24) is 9.80 Å². The predicted octanol–water partition coefficient (Wildman–Crippen LogP) is 3.07. The summed E-state index contributed by atoms with van der Waals surface area (Å²) >= 11 is 0. The Kier molecular flexibility index (Phi) is 5.41. The fraction of sp³-hybridized carbons (Fsp3) is 0.684. The Hall–Kier alpha value is -1.78. The molecule has 5 heteroatoms. The number of carbonyl (C=O) groups is 2. The van der Waals surface area contributed by atoms with Gasteiger partial charge in [-0.2, -0.15) is 0 Å². The van der Waals surface area contributed by atoms with E-state index in [1.165, 1.54) is 17.6 Å². The standard InChI is InChI=1S/C19H31N3O2/c1-13-7-6-10-19(4,5)16(13)8-9-17(23)22-14(2)11-21(18(20)24)12-15(22)3/h8-9,14-15H,6-7,10-12H2,1-5H3,(H2,20,24)/b9-8+/t14-,15+. The Balaban J connectivity index is 2.13. The Morgan fingerprint density at radius 3 is 2.29 bits per heavy atom. The monoisotopic (exact) mass is 333 g/mol. The maximum absolute atomic E-state index is 12.7. The number of nitrogens with two attached hydrogens (primary N) is 1. The Morgan fingerprint density at radius 1 is 1.21 bits per heavy atom. The summed E-state index contributed by atoms with van der Waals surface area (Å²) in [6.07, 6.45) is 7.20. The van der Waals surface area contributed by atoms with E-state index in [0.29, 0.717) is 13.1 Å². The average Bonchev–Trinajstić information content (AvgIpc) is 2.45. The molecule has 0 spiro atoms. The second kappa shape index (κ2) is 6.99. The Morgan fingerprint density at radius 2 is 1.79 bits per heavy atom. The smallest absolute Gasteiger partial charge is 0.314 e. The highest BCUT2D eigenvalue weighted by molar-refractivity contribution is 5.89. The van der Waals surface area contributed by atoms with Crippen molar-refractivity contribution < 1.29 is 9.59 Å². The minimum Gasteiger partial charge on any atom is -0.351 e. The first-order chi connectivity index (χ1) is 11.1. The van der Waals surface area contributed by atoms with Gasteiger partial charge in [-0.1, -0.05) is 25.5 Å². The van der Waals surface area contributed by atoms with E-state index >= 15 is 0 Å². The number of primary amides is 1. The molecule has 3 amide bonds. The first kappa shape index (κ1) is 18.6. The summed E-state index contributed by atoms with van der Waals surface area (Å²) in [6, 6.07) is -0.484. The van der Waals surface area contributed by atoms with Gasteiger partial charge in [0.15, 0.2) is 0 Å². The summed E-state index contributed by atoms with van der Waals surface area (Å²) in [5, 5.41) is 0. The van der Waals surface area contributed by atoms with E-state index in [1.807, 2.05) is 24.8 Å². The molecule has 2 N–H and O–H groups in total. The van der Waals surface area contributed by atoms with Gasteiger partial charge in [0, 0.05) is 31.2 Å². The molecule has 2 rings (SSSR count). The molecule has 1 heterocycles. The summed E-state index contributed by atoms with van der Waals surface area (Å²) in [5.74, 6) is 0.0146. The van der Waals surface area contributed by atoms with Crippen LogP contribution in [0.5, 0.6) is 0 Å². The van der Waals surface area contributed by atoms with Crippen LogP contribution in [0, 0.1) is 5.41 Å². The highest BCUT2D eigenvalue weighted by Crippen LogP contribution is 2.40. The normalized spacial score (nSPS) is 27.7. The van der Waals surface area contributed by atoms with Crippen molar-refractivity contribution >= 4 is 11.9 Å². The first-order valence-corrected chi connectivity index (χ1v) is 8.88. The maximum atomic E-state index is 12.7. The third-order valence-corrected chi connectivity index (χ3v) is 5.42. The summed E-state index contributed by atoms with van der Waals surface area (Å²) in [7, 11) is 0. The zero-order valence-electron chi connectivity index (χ0n) is 15.6. The van der Waals surface area contributed by atoms with Crippen molar-refractivity contribution in [2.75, 3.05) is 13.1 Å². The maximum Gasteiger partial charge on any atom is 0.314 e. The lowest BCUT2D eigenvalue weighted by Crippen LogP contribution is -2.60. The fourth-order valence-electron chi connectivity index (χ4n) is 4.19. The number of rotatable bonds is 2. The third kappa shape index (κ3) is 3.82. The Bertz CT molecular complexity index is 565. The molecule has 24 heavy (non-hydrogen) atoms. The number of urea groups is 1. The number of hydrogen-bond donors (Lipinski definition) is 1. The zero-order chi connectivity index (χ0) is 18.1. The number of hydrogen-bond acceptors (Lipinski definition) is 2. The van der Waals surface area contributed by atoms with Crippen molar-refractivity contribution in [3.8, 4) is 0 Å². The van der Waals surface area contributed by atoms with Crippen LogP contribution in [0.3, 0.4) is 0 Å². The summed E-state index contributed by atoms with van der Waals surface area (Å²) in [6.45, 7) is 11.6. The summed E-state index contributed by atoms with van der Waals surface area (Å²) in [5.41, 5.74) is 8.18. The van der Waals surface area contributed by atoms with Gasteiger partial charge in [0.05, 0.1) is 0 Å². The van der Waals surface area contributed by atoms with Crippen LogP contribution in [-0.4, -0.2) is 46.9 Å². The van der Waals surface area contributed by atoms with Crippen LogP contribution in [0.2, 0.25) is 0 Å². The number of nitrogens with zero attached hydrogens (tertiary/aromatic N) is 2. The van der Waals surface area contributed by atoms with Gasteiger partial charge in [0.2, 0.25) is 5.91 Å². The fourth-order valence-corrected chi connectivity index (χ4v) is 4.19. The predicted molar refractivity (Wildman–Crippen MR) is 96.4 cm³/mol. The van der Waals surface area contributed by atoms with Crippen molar-refractivity contribution in [3.63, 3.8) is 0 Å². The molecule has 0 aromatic rings. The van der Waals surface area contributed by atoms with E-state index in [0.717, 1.165) is 12.8 Å². The van der Waals surface area contributed by atoms with Gasteiger partial charge in [-0.15, -0.1) is 0 Å². The van der Waals surface area contributed by atoms with E-state index in [4.69, 9.17) is 5.73 Å². The van der Waals surface area contributed by atoms with Crippen LogP contribution in [-0.2, 0) is 4.79 Å². The molecule has 1 saturated heterocycles. The van der Waals surface area contributed by atoms with E-state index in [-0.39, 0.29) is 23.4 Å². The van der Waals surface area contributed by atoms with Gasteiger partial charge >= 0.3 is 6.03 Å². The van der Waals surface area contributed by atoms with Crippen molar-refractivity contribution in [3.05, 3.63) is 23.3 Å². The third-order valence-electron chi connectivity index (χ3n) is 5.42. The zero-order valence-corrected chi connectivity index (χ0v) is 15.6. The molecule has 2 atom stereocenters. The van der Waals surface area contributed by atoms with Gasteiger partial charge < -0.3 is 15.5 Å². The molecule has 0 radical (unpaired) electrons. The highest BCUT2D eigenvalue weighted by Gasteiger charge is 2.33. The molecule has 2 aliphatic rings. The lowest BCUT2D eigenvalue weighted by Gasteiger charge is -2.43. The van der Waals surface area contributed by atoms with E-state index < -0.39 is 6.03 Å². The van der Waals surface area contributed by atoms with Gasteiger partial charge in [0.25, 0.3) is 0 Å². The van der Waals surface area contributed by atoms with E-state index in [1.54, 1.807) is 11.0 Å². The summed E-state index contributed by atoms with van der Waals surface area (Å²) < 4.78 is 0. The Labute approximate surface area is 145 Å². The molecule has 0 unspecified atom stereocenters. The van der Waals surface area contributed by atoms with Gasteiger partial charge in [-0.25, -0.2) is 4.79 Å². The van der Waals surface area contributed by atoms with Crippen molar-refractivity contribution in [2.24, 2.45) is 11.1 Å². The molecule has 1 aliphatic carbocycles. The topological polar surface area (TPSA) is 66.6 Å². The van der Waals surface area contributed by atoms with Gasteiger partial charge in [-0.3, -0.25) is 4.79 Å². The molecule has 0 aromatic heterocycles. The van der Waals surface area contributed by atoms with Crippen LogP contribution in [0.25, 0.3) is 0 Å². The second-order valence-electron chi connectivity index (χ2n) is 7.95. The van der Waals surface area contributed by atoms with Gasteiger partial charge in [0.1, 0.15) is 0 Å². The lowest BCUT2D eigenvalue weighted by atomic mass is 9.72. The molecule has 0 bridgehead atoms. The molecule has 1 fully saturated rings. The minimum atomic E-state index is -0.416.